The van der Waals surface area contributed by atoms with Crippen molar-refractivity contribution < 1.29 is 37.4 Å². The molecule has 48 heavy (non-hydrogen) atoms. The lowest BCUT2D eigenvalue weighted by Gasteiger charge is -2.54. The third kappa shape index (κ3) is 7.72. The number of hydrogen-bond donors (Lipinski definition) is 2. The van der Waals surface area contributed by atoms with E-state index in [9.17, 15) is 23.2 Å². The molecule has 2 aliphatic rings. The fourth-order valence-electron chi connectivity index (χ4n) is 6.88. The fraction of sp³-hybridized carbons (Fsp3) is 0.543. The van der Waals surface area contributed by atoms with Crippen molar-refractivity contribution in [2.24, 2.45) is 11.1 Å². The molecule has 262 valence electrons. The van der Waals surface area contributed by atoms with E-state index in [1.165, 1.54) is 17.7 Å². The molecule has 1 saturated carbocycles. The van der Waals surface area contributed by atoms with Crippen LogP contribution >= 0.6 is 0 Å². The normalized spacial score (nSPS) is 18.3. The van der Waals surface area contributed by atoms with Gasteiger partial charge in [0.05, 0.1) is 26.3 Å². The lowest BCUT2D eigenvalue weighted by molar-refractivity contribution is -0.186. The Morgan fingerprint density at radius 3 is 2.40 bits per heavy atom. The minimum Gasteiger partial charge on any atom is -0.496 e. The first-order chi connectivity index (χ1) is 22.5. The average molecular weight is 672 g/mol. The van der Waals surface area contributed by atoms with Crippen molar-refractivity contribution in [2.45, 2.75) is 91.3 Å². The van der Waals surface area contributed by atoms with Crippen molar-refractivity contribution in [2.75, 3.05) is 32.6 Å². The molecule has 1 saturated heterocycles. The van der Waals surface area contributed by atoms with Crippen LogP contribution in [0.2, 0.25) is 0 Å². The number of nitrogens with zero attached hydrogens (tertiary/aromatic N) is 3. The standard InChI is InChI=1S/C33H41F2N5O6.C2H6/c1-19-13-25(44-5)22(20-9-11-40(27(19)20)30(43)46-31(2,3)4)16-39-12-10-32(17-33(34,35)18-32)14-24(39)21-7-8-23(29(42)45-6)38-28(21)37-15-26(36)41;1-2/h7-9,11,13,24H,10,12,14-18H2,1-6H3,(H2,36,41)(H,37,38);1-2H3. The van der Waals surface area contributed by atoms with Crippen molar-refractivity contribution in [3.05, 3.63) is 52.8 Å². The zero-order valence-electron chi connectivity index (χ0n) is 29.0. The van der Waals surface area contributed by atoms with Gasteiger partial charge in [0.2, 0.25) is 11.8 Å². The molecule has 1 amide bonds. The Balaban J connectivity index is 0.00000255. The Bertz CT molecular complexity index is 1670. The second-order valence-electron chi connectivity index (χ2n) is 13.4. The predicted octanol–water partition coefficient (Wildman–Crippen LogP) is 6.60. The summed E-state index contributed by atoms with van der Waals surface area (Å²) in [5.74, 6) is -3.15. The molecular weight excluding hydrogens is 624 g/mol. The molecule has 2 fully saturated rings. The van der Waals surface area contributed by atoms with E-state index in [2.05, 4.69) is 15.2 Å². The van der Waals surface area contributed by atoms with Gasteiger partial charge < -0.3 is 25.3 Å². The zero-order chi connectivity index (χ0) is 35.6. The van der Waals surface area contributed by atoms with Crippen molar-refractivity contribution in [1.29, 1.82) is 0 Å². The number of carbonyl (C=O) groups excluding carboxylic acids is 3. The number of methoxy groups -OCH3 is 2. The lowest BCUT2D eigenvalue weighted by Crippen LogP contribution is -2.53. The molecule has 3 aromatic rings. The third-order valence-corrected chi connectivity index (χ3v) is 8.78. The molecule has 5 rings (SSSR count). The van der Waals surface area contributed by atoms with Gasteiger partial charge in [-0.25, -0.2) is 23.4 Å². The SMILES string of the molecule is CC.COC(=O)c1ccc(C2CC3(CCN2Cc2c(OC)cc(C)c4c2ccn4C(=O)OC(C)(C)C)CC(F)(F)C3)c(NCC(N)=O)n1. The summed E-state index contributed by atoms with van der Waals surface area (Å²) in [6.07, 6.45) is 1.72. The molecule has 0 bridgehead atoms. The number of anilines is 1. The molecule has 2 aromatic heterocycles. The summed E-state index contributed by atoms with van der Waals surface area (Å²) in [7, 11) is 2.82. The van der Waals surface area contributed by atoms with Crippen LogP contribution in [-0.4, -0.2) is 71.3 Å². The first kappa shape index (κ1) is 36.6. The van der Waals surface area contributed by atoms with Gasteiger partial charge >= 0.3 is 12.1 Å². The van der Waals surface area contributed by atoms with E-state index in [1.807, 2.05) is 32.9 Å². The maximum atomic E-state index is 14.3. The van der Waals surface area contributed by atoms with Gasteiger partial charge in [-0.1, -0.05) is 19.9 Å². The van der Waals surface area contributed by atoms with E-state index >= 15 is 0 Å². The number of nitrogens with two attached hydrogens (primary N) is 1. The van der Waals surface area contributed by atoms with E-state index in [0.717, 1.165) is 16.5 Å². The van der Waals surface area contributed by atoms with Gasteiger partial charge in [0.15, 0.2) is 5.69 Å². The molecule has 3 heterocycles. The lowest BCUT2D eigenvalue weighted by atomic mass is 9.59. The van der Waals surface area contributed by atoms with Gasteiger partial charge in [0.25, 0.3) is 0 Å². The number of ether oxygens (including phenoxy) is 3. The van der Waals surface area contributed by atoms with Crippen molar-refractivity contribution in [3.63, 3.8) is 0 Å². The molecule has 1 aromatic carbocycles. The molecule has 1 atom stereocenters. The number of hydrogen-bond acceptors (Lipinski definition) is 9. The topological polar surface area (TPSA) is 138 Å². The van der Waals surface area contributed by atoms with Crippen LogP contribution in [0.4, 0.5) is 19.4 Å². The second kappa shape index (κ2) is 14.1. The second-order valence-corrected chi connectivity index (χ2v) is 13.4. The summed E-state index contributed by atoms with van der Waals surface area (Å²) in [6.45, 7) is 11.9. The number of amides is 1. The molecule has 13 heteroatoms. The van der Waals surface area contributed by atoms with E-state index < -0.39 is 41.0 Å². The maximum absolute atomic E-state index is 14.3. The Morgan fingerprint density at radius 1 is 1.12 bits per heavy atom. The predicted molar refractivity (Wildman–Crippen MR) is 178 cm³/mol. The van der Waals surface area contributed by atoms with Crippen LogP contribution in [0.15, 0.2) is 30.5 Å². The largest absolute Gasteiger partial charge is 0.496 e. The molecule has 0 radical (unpaired) electrons. The number of aromatic nitrogens is 2. The Kier molecular flexibility index (Phi) is 10.7. The zero-order valence-corrected chi connectivity index (χ0v) is 29.0. The number of aryl methyl sites for hydroxylation is 1. The number of fused-ring (bicyclic) bond motifs is 1. The van der Waals surface area contributed by atoms with Gasteiger partial charge in [0.1, 0.15) is 17.2 Å². The van der Waals surface area contributed by atoms with E-state index in [1.54, 1.807) is 40.1 Å². The number of pyridine rings is 1. The van der Waals surface area contributed by atoms with Crippen LogP contribution in [0.1, 0.15) is 93.5 Å². The van der Waals surface area contributed by atoms with E-state index in [4.69, 9.17) is 19.9 Å². The number of alkyl halides is 2. The molecule has 3 N–H and O–H groups in total. The van der Waals surface area contributed by atoms with Crippen LogP contribution in [0.25, 0.3) is 10.9 Å². The van der Waals surface area contributed by atoms with Crippen molar-refractivity contribution >= 4 is 34.7 Å². The third-order valence-electron chi connectivity index (χ3n) is 8.78. The first-order valence-corrected chi connectivity index (χ1v) is 16.2. The smallest absolute Gasteiger partial charge is 0.419 e. The van der Waals surface area contributed by atoms with Gasteiger partial charge in [-0.2, -0.15) is 0 Å². The molecule has 11 nitrogen and oxygen atoms in total. The number of primary amides is 1. The van der Waals surface area contributed by atoms with Gasteiger partial charge in [-0.15, -0.1) is 0 Å². The number of benzene rings is 1. The number of piperidine rings is 1. The fourth-order valence-corrected chi connectivity index (χ4v) is 6.88. The highest BCUT2D eigenvalue weighted by molar-refractivity contribution is 5.95. The molecule has 1 spiro atoms. The summed E-state index contributed by atoms with van der Waals surface area (Å²) < 4.78 is 46.4. The Labute approximate surface area is 280 Å². The number of halogens is 2. The number of rotatable bonds is 8. The van der Waals surface area contributed by atoms with Crippen molar-refractivity contribution in [3.8, 4) is 5.75 Å². The molecule has 1 unspecified atom stereocenters. The highest BCUT2D eigenvalue weighted by atomic mass is 19.3. The van der Waals surface area contributed by atoms with Crippen LogP contribution in [0, 0.1) is 12.3 Å². The van der Waals surface area contributed by atoms with Gasteiger partial charge in [0, 0.05) is 48.1 Å². The number of carbonyl (C=O) groups is 3. The van der Waals surface area contributed by atoms with Crippen LogP contribution in [-0.2, 0) is 20.8 Å². The summed E-state index contributed by atoms with van der Waals surface area (Å²) in [5, 5.41) is 3.73. The highest BCUT2D eigenvalue weighted by Gasteiger charge is 2.58. The summed E-state index contributed by atoms with van der Waals surface area (Å²) >= 11 is 0. The first-order valence-electron chi connectivity index (χ1n) is 16.2. The van der Waals surface area contributed by atoms with Crippen LogP contribution < -0.4 is 15.8 Å². The average Bonchev–Trinajstić information content (AvgIpc) is 3.47. The quantitative estimate of drug-likeness (QED) is 0.254. The molecule has 1 aliphatic heterocycles. The Hall–Kier alpha value is -4.26. The summed E-state index contributed by atoms with van der Waals surface area (Å²) in [6, 6.07) is 6.55. The van der Waals surface area contributed by atoms with Gasteiger partial charge in [-0.05, 0) is 76.3 Å². The van der Waals surface area contributed by atoms with E-state index in [-0.39, 0.29) is 30.9 Å². The summed E-state index contributed by atoms with van der Waals surface area (Å²) in [5.41, 5.74) is 7.13. The van der Waals surface area contributed by atoms with Crippen LogP contribution in [0.3, 0.4) is 0 Å². The number of likely N-dealkylation sites (tertiary alicyclic amines) is 1. The van der Waals surface area contributed by atoms with E-state index in [0.29, 0.717) is 42.8 Å². The van der Waals surface area contributed by atoms with Gasteiger partial charge in [-0.3, -0.25) is 14.3 Å². The number of nitrogens with one attached hydrogen (secondary N) is 1. The van der Waals surface area contributed by atoms with Crippen LogP contribution in [0.5, 0.6) is 5.75 Å². The molecule has 1 aliphatic carbocycles. The molecular formula is C35H47F2N5O6. The van der Waals surface area contributed by atoms with Crippen molar-refractivity contribution in [1.82, 2.24) is 14.5 Å². The monoisotopic (exact) mass is 671 g/mol. The highest BCUT2D eigenvalue weighted by Crippen LogP contribution is 2.61. The number of esters is 1. The minimum absolute atomic E-state index is 0.0239. The Morgan fingerprint density at radius 2 is 1.81 bits per heavy atom. The summed E-state index contributed by atoms with van der Waals surface area (Å²) in [4.78, 5) is 43.8. The minimum atomic E-state index is -2.72. The maximum Gasteiger partial charge on any atom is 0.419 e.